The zero-order chi connectivity index (χ0) is 15.8. The molecular weight excluding hydrogens is 290 g/mol. The second kappa shape index (κ2) is 5.61. The van der Waals surface area contributed by atoms with Crippen molar-refractivity contribution in [2.24, 2.45) is 0 Å². The standard InChI is InChI=1S/C17H19N5O/c1-11-10-15(21-16(19-11)13-4-2-3-8-18-13)20-14-7-9-22(17(14)23)12-5-6-12/h2-4,8,10,12,14H,5-7,9H2,1H3,(H,19,20,21)/t14-/m0/s1. The Morgan fingerprint density at radius 3 is 2.83 bits per heavy atom. The van der Waals surface area contributed by atoms with E-state index in [0.717, 1.165) is 37.2 Å². The van der Waals surface area contributed by atoms with Crippen LogP contribution in [0.3, 0.4) is 0 Å². The first kappa shape index (κ1) is 14.1. The van der Waals surface area contributed by atoms with Gasteiger partial charge < -0.3 is 10.2 Å². The number of carbonyl (C=O) groups excluding carboxylic acids is 1. The number of amides is 1. The van der Waals surface area contributed by atoms with Gasteiger partial charge in [-0.2, -0.15) is 0 Å². The van der Waals surface area contributed by atoms with Gasteiger partial charge in [0.15, 0.2) is 5.82 Å². The van der Waals surface area contributed by atoms with Gasteiger partial charge in [-0.05, 0) is 38.3 Å². The van der Waals surface area contributed by atoms with Crippen molar-refractivity contribution < 1.29 is 4.79 Å². The van der Waals surface area contributed by atoms with E-state index in [2.05, 4.69) is 20.3 Å². The van der Waals surface area contributed by atoms with Gasteiger partial charge in [0, 0.05) is 30.5 Å². The van der Waals surface area contributed by atoms with Gasteiger partial charge in [0.05, 0.1) is 0 Å². The maximum absolute atomic E-state index is 12.4. The molecule has 2 fully saturated rings. The van der Waals surface area contributed by atoms with Gasteiger partial charge in [0.2, 0.25) is 5.91 Å². The minimum Gasteiger partial charge on any atom is -0.358 e. The molecule has 0 spiro atoms. The molecule has 118 valence electrons. The molecule has 0 bridgehead atoms. The third-order valence-electron chi connectivity index (χ3n) is 4.30. The number of hydrogen-bond donors (Lipinski definition) is 1. The molecule has 0 unspecified atom stereocenters. The predicted octanol–water partition coefficient (Wildman–Crippen LogP) is 2.02. The molecule has 0 radical (unpaired) electrons. The maximum Gasteiger partial charge on any atom is 0.245 e. The van der Waals surface area contributed by atoms with Crippen molar-refractivity contribution in [2.45, 2.75) is 38.3 Å². The summed E-state index contributed by atoms with van der Waals surface area (Å²) in [5.74, 6) is 1.47. The van der Waals surface area contributed by atoms with Crippen molar-refractivity contribution in [3.05, 3.63) is 36.2 Å². The van der Waals surface area contributed by atoms with E-state index in [1.54, 1.807) is 6.20 Å². The molecule has 1 aliphatic heterocycles. The van der Waals surface area contributed by atoms with Crippen LogP contribution in [-0.2, 0) is 4.79 Å². The fourth-order valence-electron chi connectivity index (χ4n) is 3.02. The van der Waals surface area contributed by atoms with Crippen LogP contribution in [0.5, 0.6) is 0 Å². The van der Waals surface area contributed by atoms with Gasteiger partial charge in [-0.1, -0.05) is 6.07 Å². The van der Waals surface area contributed by atoms with Gasteiger partial charge in [-0.15, -0.1) is 0 Å². The van der Waals surface area contributed by atoms with Gasteiger partial charge in [-0.25, -0.2) is 9.97 Å². The first-order valence-corrected chi connectivity index (χ1v) is 8.05. The Bertz CT molecular complexity index is 729. The lowest BCUT2D eigenvalue weighted by molar-refractivity contribution is -0.128. The van der Waals surface area contributed by atoms with Crippen LogP contribution in [0.1, 0.15) is 25.0 Å². The van der Waals surface area contributed by atoms with E-state index in [-0.39, 0.29) is 11.9 Å². The van der Waals surface area contributed by atoms with E-state index in [1.165, 1.54) is 0 Å². The smallest absolute Gasteiger partial charge is 0.245 e. The number of anilines is 1. The Morgan fingerprint density at radius 2 is 2.09 bits per heavy atom. The molecular formula is C17H19N5O. The van der Waals surface area contributed by atoms with Crippen molar-refractivity contribution in [2.75, 3.05) is 11.9 Å². The van der Waals surface area contributed by atoms with Gasteiger partial charge in [-0.3, -0.25) is 9.78 Å². The summed E-state index contributed by atoms with van der Waals surface area (Å²) in [5, 5.41) is 3.28. The van der Waals surface area contributed by atoms with Crippen LogP contribution in [0.25, 0.3) is 11.5 Å². The molecule has 1 amide bonds. The molecule has 2 aliphatic rings. The molecule has 6 nitrogen and oxygen atoms in total. The van der Waals surface area contributed by atoms with Crippen LogP contribution in [-0.4, -0.2) is 44.4 Å². The van der Waals surface area contributed by atoms with Gasteiger partial charge >= 0.3 is 0 Å². The minimum atomic E-state index is -0.179. The van der Waals surface area contributed by atoms with E-state index in [9.17, 15) is 4.79 Å². The molecule has 1 aliphatic carbocycles. The molecule has 1 saturated carbocycles. The first-order chi connectivity index (χ1) is 11.2. The van der Waals surface area contributed by atoms with Crippen molar-refractivity contribution >= 4 is 11.7 Å². The molecule has 1 N–H and O–H groups in total. The zero-order valence-corrected chi connectivity index (χ0v) is 13.1. The Labute approximate surface area is 135 Å². The van der Waals surface area contributed by atoms with Crippen LogP contribution in [0.2, 0.25) is 0 Å². The SMILES string of the molecule is Cc1cc(N[C@H]2CCN(C3CC3)C2=O)nc(-c2ccccn2)n1. The summed E-state index contributed by atoms with van der Waals surface area (Å²) >= 11 is 0. The topological polar surface area (TPSA) is 71.0 Å². The van der Waals surface area contributed by atoms with Crippen LogP contribution in [0.4, 0.5) is 5.82 Å². The fraction of sp³-hybridized carbons (Fsp3) is 0.412. The van der Waals surface area contributed by atoms with E-state index < -0.39 is 0 Å². The summed E-state index contributed by atoms with van der Waals surface area (Å²) in [6.45, 7) is 2.77. The zero-order valence-electron chi connectivity index (χ0n) is 13.1. The maximum atomic E-state index is 12.4. The highest BCUT2D eigenvalue weighted by Crippen LogP contribution is 2.31. The first-order valence-electron chi connectivity index (χ1n) is 8.05. The Hall–Kier alpha value is -2.50. The number of nitrogens with zero attached hydrogens (tertiary/aromatic N) is 4. The van der Waals surface area contributed by atoms with Gasteiger partial charge in [0.1, 0.15) is 17.6 Å². The molecule has 4 rings (SSSR count). The average molecular weight is 309 g/mol. The molecule has 1 atom stereocenters. The second-order valence-corrected chi connectivity index (χ2v) is 6.18. The van der Waals surface area contributed by atoms with Crippen LogP contribution in [0, 0.1) is 6.92 Å². The lowest BCUT2D eigenvalue weighted by Crippen LogP contribution is -2.35. The third kappa shape index (κ3) is 2.88. The Balaban J connectivity index is 1.55. The summed E-state index contributed by atoms with van der Waals surface area (Å²) in [6, 6.07) is 7.83. The monoisotopic (exact) mass is 309 g/mol. The number of hydrogen-bond acceptors (Lipinski definition) is 5. The molecule has 2 aromatic heterocycles. The van der Waals surface area contributed by atoms with Gasteiger partial charge in [0.25, 0.3) is 0 Å². The molecule has 1 saturated heterocycles. The van der Waals surface area contributed by atoms with E-state index in [1.807, 2.05) is 36.1 Å². The molecule has 3 heterocycles. The number of pyridine rings is 1. The summed E-state index contributed by atoms with van der Waals surface area (Å²) in [5.41, 5.74) is 1.59. The second-order valence-electron chi connectivity index (χ2n) is 6.18. The number of likely N-dealkylation sites (tertiary alicyclic amines) is 1. The highest BCUT2D eigenvalue weighted by molar-refractivity contribution is 5.87. The van der Waals surface area contributed by atoms with Crippen molar-refractivity contribution in [1.29, 1.82) is 0 Å². The van der Waals surface area contributed by atoms with Crippen molar-refractivity contribution in [3.63, 3.8) is 0 Å². The number of rotatable bonds is 4. The predicted molar refractivity (Wildman–Crippen MR) is 86.8 cm³/mol. The largest absolute Gasteiger partial charge is 0.358 e. The summed E-state index contributed by atoms with van der Waals surface area (Å²) in [7, 11) is 0. The van der Waals surface area contributed by atoms with Crippen molar-refractivity contribution in [1.82, 2.24) is 19.9 Å². The highest BCUT2D eigenvalue weighted by atomic mass is 16.2. The summed E-state index contributed by atoms with van der Waals surface area (Å²) in [6.07, 6.45) is 4.85. The van der Waals surface area contributed by atoms with Crippen molar-refractivity contribution in [3.8, 4) is 11.5 Å². The van der Waals surface area contributed by atoms with E-state index in [4.69, 9.17) is 0 Å². The fourth-order valence-corrected chi connectivity index (χ4v) is 3.02. The molecule has 2 aromatic rings. The highest BCUT2D eigenvalue weighted by Gasteiger charge is 2.40. The van der Waals surface area contributed by atoms with Crippen LogP contribution in [0.15, 0.2) is 30.5 Å². The Morgan fingerprint density at radius 1 is 1.22 bits per heavy atom. The minimum absolute atomic E-state index is 0.179. The average Bonchev–Trinajstić information content (AvgIpc) is 3.33. The third-order valence-corrected chi connectivity index (χ3v) is 4.30. The summed E-state index contributed by atoms with van der Waals surface area (Å²) in [4.78, 5) is 27.7. The molecule has 0 aromatic carbocycles. The molecule has 23 heavy (non-hydrogen) atoms. The quantitative estimate of drug-likeness (QED) is 0.935. The molecule has 6 heteroatoms. The van der Waals surface area contributed by atoms with Crippen LogP contribution < -0.4 is 5.32 Å². The van der Waals surface area contributed by atoms with Crippen LogP contribution >= 0.6 is 0 Å². The number of aryl methyl sites for hydroxylation is 1. The number of nitrogens with one attached hydrogen (secondary N) is 1. The Kier molecular flexibility index (Phi) is 3.44. The van der Waals surface area contributed by atoms with E-state index in [0.29, 0.717) is 17.7 Å². The normalized spacial score (nSPS) is 20.8. The number of carbonyl (C=O) groups is 1. The summed E-state index contributed by atoms with van der Waals surface area (Å²) < 4.78 is 0. The number of aromatic nitrogens is 3. The van der Waals surface area contributed by atoms with E-state index >= 15 is 0 Å². The lowest BCUT2D eigenvalue weighted by Gasteiger charge is -2.16. The lowest BCUT2D eigenvalue weighted by atomic mass is 10.2.